The van der Waals surface area contributed by atoms with E-state index in [2.05, 4.69) is 21.3 Å². The zero-order valence-corrected chi connectivity index (χ0v) is 6.64. The maximum atomic E-state index is 11.0. The number of rotatable bonds is 2. The van der Waals surface area contributed by atoms with E-state index in [1.54, 1.807) is 0 Å². The number of amides is 1. The number of carbonyl (C=O) groups is 2. The van der Waals surface area contributed by atoms with E-state index in [-0.39, 0.29) is 5.84 Å². The smallest absolute Gasteiger partial charge is 0.416 e. The first-order valence-corrected chi connectivity index (χ1v) is 3.10. The lowest BCUT2D eigenvalue weighted by Gasteiger charge is -2.12. The maximum Gasteiger partial charge on any atom is 0.416 e. The van der Waals surface area contributed by atoms with Gasteiger partial charge in [0.2, 0.25) is 0 Å². The van der Waals surface area contributed by atoms with Crippen molar-refractivity contribution in [2.24, 2.45) is 10.2 Å². The Hall–Kier alpha value is -1.56. The third-order valence-electron chi connectivity index (χ3n) is 1.42. The molecule has 0 aromatic heterocycles. The molecule has 1 radical (unpaired) electrons. The number of esters is 1. The van der Waals surface area contributed by atoms with Gasteiger partial charge in [-0.3, -0.25) is 0 Å². The summed E-state index contributed by atoms with van der Waals surface area (Å²) in [7, 11) is 2.64. The Bertz CT molecular complexity index is 284. The standard InChI is InChI=1S/C6H7N3O3/c1-9(4-10)3-7-8-5(9)6(11)12-2/h4H,1-2H3/q+1. The predicted molar refractivity (Wildman–Crippen MR) is 39.1 cm³/mol. The second-order valence-electron chi connectivity index (χ2n) is 2.30. The molecule has 1 aliphatic rings. The summed E-state index contributed by atoms with van der Waals surface area (Å²) in [6.07, 6.45) is 2.83. The van der Waals surface area contributed by atoms with E-state index >= 15 is 0 Å². The third-order valence-corrected chi connectivity index (χ3v) is 1.42. The van der Waals surface area contributed by atoms with Gasteiger partial charge in [0.15, 0.2) is 0 Å². The summed E-state index contributed by atoms with van der Waals surface area (Å²) in [5.41, 5.74) is 0. The van der Waals surface area contributed by atoms with Crippen molar-refractivity contribution in [1.29, 1.82) is 0 Å². The molecule has 0 saturated carbocycles. The van der Waals surface area contributed by atoms with Crippen LogP contribution in [0.2, 0.25) is 0 Å². The molecule has 1 atom stereocenters. The Morgan fingerprint density at radius 1 is 1.75 bits per heavy atom. The van der Waals surface area contributed by atoms with Crippen LogP contribution in [0.5, 0.6) is 0 Å². The van der Waals surface area contributed by atoms with Gasteiger partial charge < -0.3 is 4.74 Å². The molecule has 0 bridgehead atoms. The fraction of sp³-hybridized carbons (Fsp3) is 0.333. The van der Waals surface area contributed by atoms with Gasteiger partial charge in [0.25, 0.3) is 0 Å². The first kappa shape index (κ1) is 8.54. The summed E-state index contributed by atoms with van der Waals surface area (Å²) in [6, 6.07) is 0. The second-order valence-corrected chi connectivity index (χ2v) is 2.30. The normalized spacial score (nSPS) is 26.7. The lowest BCUT2D eigenvalue weighted by Crippen LogP contribution is -2.48. The number of amidine groups is 1. The molecule has 1 aliphatic heterocycles. The van der Waals surface area contributed by atoms with E-state index in [9.17, 15) is 9.59 Å². The Kier molecular flexibility index (Phi) is 2.01. The molecule has 0 aromatic rings. The van der Waals surface area contributed by atoms with E-state index in [0.29, 0.717) is 6.41 Å². The van der Waals surface area contributed by atoms with E-state index in [4.69, 9.17) is 0 Å². The zero-order valence-electron chi connectivity index (χ0n) is 6.64. The Morgan fingerprint density at radius 2 is 2.42 bits per heavy atom. The number of methoxy groups -OCH3 is 1. The van der Waals surface area contributed by atoms with Gasteiger partial charge in [-0.1, -0.05) is 10.2 Å². The number of nitrogens with zero attached hydrogens (tertiary/aromatic N) is 3. The second kappa shape index (κ2) is 2.82. The molecule has 1 heterocycles. The molecule has 0 N–H and O–H groups in total. The summed E-state index contributed by atoms with van der Waals surface area (Å²) in [5, 5.41) is 6.76. The van der Waals surface area contributed by atoms with E-state index in [1.165, 1.54) is 14.2 Å². The molecule has 0 aliphatic carbocycles. The first-order valence-electron chi connectivity index (χ1n) is 3.10. The molecule has 63 valence electrons. The van der Waals surface area contributed by atoms with Crippen molar-refractivity contribution in [2.75, 3.05) is 14.2 Å². The van der Waals surface area contributed by atoms with E-state index in [0.717, 1.165) is 0 Å². The van der Waals surface area contributed by atoms with Crippen LogP contribution in [0.3, 0.4) is 0 Å². The minimum absolute atomic E-state index is 0.0903. The van der Waals surface area contributed by atoms with E-state index < -0.39 is 10.5 Å². The predicted octanol–water partition coefficient (Wildman–Crippen LogP) is -1.01. The van der Waals surface area contributed by atoms with Crippen LogP contribution in [-0.4, -0.2) is 43.2 Å². The zero-order chi connectivity index (χ0) is 9.19. The highest BCUT2D eigenvalue weighted by Crippen LogP contribution is 2.06. The quantitative estimate of drug-likeness (QED) is 0.302. The third kappa shape index (κ3) is 1.12. The maximum absolute atomic E-state index is 11.0. The SMILES string of the molecule is COC(=O)C1=NN=[C][N+]1(C)C=O. The molecule has 12 heavy (non-hydrogen) atoms. The number of ether oxygens (including phenoxy) is 1. The van der Waals surface area contributed by atoms with Crippen molar-refractivity contribution in [1.82, 2.24) is 0 Å². The molecule has 1 amide bonds. The fourth-order valence-corrected chi connectivity index (χ4v) is 0.698. The largest absolute Gasteiger partial charge is 0.460 e. The lowest BCUT2D eigenvalue weighted by molar-refractivity contribution is -0.616. The van der Waals surface area contributed by atoms with Gasteiger partial charge in [0.1, 0.15) is 0 Å². The van der Waals surface area contributed by atoms with Gasteiger partial charge >= 0.3 is 24.6 Å². The topological polar surface area (TPSA) is 68.1 Å². The van der Waals surface area contributed by atoms with Crippen LogP contribution >= 0.6 is 0 Å². The molecular weight excluding hydrogens is 162 g/mol. The molecule has 0 fully saturated rings. The molecule has 6 nitrogen and oxygen atoms in total. The van der Waals surface area contributed by atoms with Gasteiger partial charge in [-0.05, 0) is 0 Å². The Morgan fingerprint density at radius 3 is 2.92 bits per heavy atom. The van der Waals surface area contributed by atoms with Crippen LogP contribution in [0.15, 0.2) is 10.2 Å². The van der Waals surface area contributed by atoms with Crippen molar-refractivity contribution in [3.05, 3.63) is 0 Å². The number of hydrogen-bond acceptors (Lipinski definition) is 5. The van der Waals surface area contributed by atoms with Crippen molar-refractivity contribution < 1.29 is 18.8 Å². The molecular formula is C6H7N3O3+. The molecule has 0 saturated heterocycles. The molecule has 1 rings (SSSR count). The van der Waals surface area contributed by atoms with Gasteiger partial charge in [-0.2, -0.15) is 4.48 Å². The van der Waals surface area contributed by atoms with Gasteiger partial charge in [0, 0.05) is 0 Å². The van der Waals surface area contributed by atoms with Gasteiger partial charge in [-0.15, -0.1) is 0 Å². The van der Waals surface area contributed by atoms with Crippen molar-refractivity contribution in [3.63, 3.8) is 0 Å². The highest BCUT2D eigenvalue weighted by molar-refractivity contribution is 6.35. The summed E-state index contributed by atoms with van der Waals surface area (Å²) in [5.74, 6) is -0.772. The van der Waals surface area contributed by atoms with Crippen LogP contribution < -0.4 is 0 Å². The molecule has 0 spiro atoms. The van der Waals surface area contributed by atoms with Gasteiger partial charge in [0.05, 0.1) is 14.2 Å². The van der Waals surface area contributed by atoms with Crippen LogP contribution in [0.25, 0.3) is 0 Å². The monoisotopic (exact) mass is 169 g/mol. The van der Waals surface area contributed by atoms with E-state index in [1.807, 2.05) is 0 Å². The number of carbonyl (C=O) groups excluding carboxylic acids is 2. The van der Waals surface area contributed by atoms with Crippen LogP contribution in [-0.2, 0) is 14.3 Å². The number of quaternary nitrogens is 1. The average molecular weight is 169 g/mol. The molecule has 1 unspecified atom stereocenters. The average Bonchev–Trinajstić information content (AvgIpc) is 2.47. The number of likely N-dealkylation sites (N-methyl/N-ethyl adjacent to an activating group) is 1. The molecule has 0 aromatic carbocycles. The summed E-state index contributed by atoms with van der Waals surface area (Å²) < 4.78 is 3.89. The highest BCUT2D eigenvalue weighted by atomic mass is 16.5. The van der Waals surface area contributed by atoms with Crippen molar-refractivity contribution in [3.8, 4) is 0 Å². The minimum Gasteiger partial charge on any atom is -0.460 e. The van der Waals surface area contributed by atoms with Crippen LogP contribution in [0.4, 0.5) is 0 Å². The Labute approximate surface area is 68.7 Å². The number of hydrogen-bond donors (Lipinski definition) is 0. The Balaban J connectivity index is 2.95. The minimum atomic E-state index is -0.682. The van der Waals surface area contributed by atoms with Gasteiger partial charge in [-0.25, -0.2) is 9.59 Å². The fourth-order valence-electron chi connectivity index (χ4n) is 0.698. The highest BCUT2D eigenvalue weighted by Gasteiger charge is 2.40. The van der Waals surface area contributed by atoms with Crippen LogP contribution in [0, 0.1) is 0 Å². The van der Waals surface area contributed by atoms with Crippen LogP contribution in [0.1, 0.15) is 0 Å². The summed E-state index contributed by atoms with van der Waals surface area (Å²) in [6.45, 7) is 0. The van der Waals surface area contributed by atoms with Crippen molar-refractivity contribution >= 4 is 24.6 Å². The lowest BCUT2D eigenvalue weighted by atomic mass is 10.5. The van der Waals surface area contributed by atoms with Crippen molar-refractivity contribution in [2.45, 2.75) is 0 Å². The molecule has 6 heteroatoms. The summed E-state index contributed by atoms with van der Waals surface area (Å²) in [4.78, 5) is 21.5. The summed E-state index contributed by atoms with van der Waals surface area (Å²) >= 11 is 0. The first-order chi connectivity index (χ1) is 5.64.